The van der Waals surface area contributed by atoms with E-state index < -0.39 is 5.97 Å². The molecule has 17 heavy (non-hydrogen) atoms. The first kappa shape index (κ1) is 9.72. The maximum atomic E-state index is 11.2. The van der Waals surface area contributed by atoms with Crippen LogP contribution in [0.4, 0.5) is 0 Å². The molecule has 1 N–H and O–H groups in total. The fourth-order valence-corrected chi connectivity index (χ4v) is 1.93. The third kappa shape index (κ3) is 1.42. The molecule has 82 valence electrons. The summed E-state index contributed by atoms with van der Waals surface area (Å²) in [5, 5.41) is 10.1. The van der Waals surface area contributed by atoms with Gasteiger partial charge in [0.2, 0.25) is 0 Å². The molecule has 0 unspecified atom stereocenters. The van der Waals surface area contributed by atoms with Crippen LogP contribution in [0.15, 0.2) is 42.7 Å². The van der Waals surface area contributed by atoms with E-state index in [9.17, 15) is 4.79 Å². The van der Waals surface area contributed by atoms with E-state index in [0.717, 1.165) is 16.5 Å². The zero-order valence-electron chi connectivity index (χ0n) is 8.79. The number of carboxylic acid groups (broad SMARTS) is 1. The molecule has 0 saturated heterocycles. The molecule has 0 spiro atoms. The number of hydrogen-bond acceptors (Lipinski definition) is 3. The van der Waals surface area contributed by atoms with Crippen molar-refractivity contribution in [1.29, 1.82) is 0 Å². The molecule has 4 nitrogen and oxygen atoms in total. The Balaban J connectivity index is 2.47. The molecular weight excluding hydrogens is 216 g/mol. The van der Waals surface area contributed by atoms with E-state index in [1.807, 2.05) is 24.3 Å². The molecule has 3 rings (SSSR count). The fourth-order valence-electron chi connectivity index (χ4n) is 1.93. The summed E-state index contributed by atoms with van der Waals surface area (Å²) in [6.45, 7) is 0. The number of benzene rings is 1. The number of hydrogen-bond donors (Lipinski definition) is 1. The molecule has 2 aliphatic heterocycles. The van der Waals surface area contributed by atoms with E-state index in [4.69, 9.17) is 5.11 Å². The van der Waals surface area contributed by atoms with Gasteiger partial charge in [-0.1, -0.05) is 18.2 Å². The average Bonchev–Trinajstić information content (AvgIpc) is 2.54. The highest BCUT2D eigenvalue weighted by atomic mass is 16.4. The smallest absolute Gasteiger partial charge is 0.339 e. The molecule has 0 radical (unpaired) electrons. The van der Waals surface area contributed by atoms with Crippen LogP contribution in [0.1, 0.15) is 10.4 Å². The molecule has 0 saturated carbocycles. The summed E-state index contributed by atoms with van der Waals surface area (Å²) >= 11 is 0. The van der Waals surface area contributed by atoms with Gasteiger partial charge >= 0.3 is 5.97 Å². The van der Waals surface area contributed by atoms with Crippen molar-refractivity contribution in [2.75, 3.05) is 0 Å². The van der Waals surface area contributed by atoms with Crippen LogP contribution in [0.5, 0.6) is 0 Å². The number of para-hydroxylation sites is 1. The molecule has 0 aliphatic carbocycles. The SMILES string of the molecule is O=C(O)c1cnccc2c3ccccc3nc1-2. The lowest BCUT2D eigenvalue weighted by Gasteiger charge is -1.95. The van der Waals surface area contributed by atoms with Gasteiger partial charge in [-0.3, -0.25) is 4.98 Å². The number of aromatic nitrogens is 2. The van der Waals surface area contributed by atoms with Crippen LogP contribution in [0.25, 0.3) is 22.2 Å². The van der Waals surface area contributed by atoms with E-state index in [1.165, 1.54) is 6.20 Å². The van der Waals surface area contributed by atoms with Crippen LogP contribution in [0.3, 0.4) is 0 Å². The van der Waals surface area contributed by atoms with Crippen molar-refractivity contribution in [1.82, 2.24) is 9.97 Å². The van der Waals surface area contributed by atoms with E-state index >= 15 is 0 Å². The first-order valence-electron chi connectivity index (χ1n) is 5.13. The molecule has 4 heteroatoms. The van der Waals surface area contributed by atoms with E-state index in [2.05, 4.69) is 9.97 Å². The monoisotopic (exact) mass is 224 g/mol. The summed E-state index contributed by atoms with van der Waals surface area (Å²) in [6.07, 6.45) is 2.92. The lowest BCUT2D eigenvalue weighted by molar-refractivity contribution is 0.0697. The topological polar surface area (TPSA) is 63.1 Å². The Morgan fingerprint density at radius 2 is 2.00 bits per heavy atom. The highest BCUT2D eigenvalue weighted by molar-refractivity contribution is 6.04. The summed E-state index contributed by atoms with van der Waals surface area (Å²) in [4.78, 5) is 19.4. The minimum atomic E-state index is -1.01. The summed E-state index contributed by atoms with van der Waals surface area (Å²) in [7, 11) is 0. The van der Waals surface area contributed by atoms with Crippen LogP contribution in [-0.2, 0) is 0 Å². The van der Waals surface area contributed by atoms with Gasteiger partial charge in [-0.05, 0) is 12.1 Å². The Kier molecular flexibility index (Phi) is 2.01. The lowest BCUT2D eigenvalue weighted by atomic mass is 10.1. The van der Waals surface area contributed by atoms with Gasteiger partial charge < -0.3 is 5.11 Å². The summed E-state index contributed by atoms with van der Waals surface area (Å²) in [5.41, 5.74) is 2.23. The fraction of sp³-hybridized carbons (Fsp3) is 0. The normalized spacial score (nSPS) is 10.8. The van der Waals surface area contributed by atoms with Crippen molar-refractivity contribution < 1.29 is 9.90 Å². The summed E-state index contributed by atoms with van der Waals surface area (Å²) < 4.78 is 0. The van der Waals surface area contributed by atoms with Crippen LogP contribution in [-0.4, -0.2) is 21.0 Å². The predicted molar refractivity (Wildman–Crippen MR) is 63.1 cm³/mol. The maximum absolute atomic E-state index is 11.2. The molecule has 1 aromatic rings. The van der Waals surface area contributed by atoms with Crippen molar-refractivity contribution in [3.05, 3.63) is 48.3 Å². The largest absolute Gasteiger partial charge is 0.478 e. The third-order valence-electron chi connectivity index (χ3n) is 2.70. The van der Waals surface area contributed by atoms with Crippen molar-refractivity contribution >= 4 is 16.9 Å². The first-order valence-corrected chi connectivity index (χ1v) is 5.13. The minimum absolute atomic E-state index is 0.126. The van der Waals surface area contributed by atoms with Crippen molar-refractivity contribution in [3.8, 4) is 11.3 Å². The quantitative estimate of drug-likeness (QED) is 0.689. The lowest BCUT2D eigenvalue weighted by Crippen LogP contribution is -1.97. The molecule has 0 atom stereocenters. The van der Waals surface area contributed by atoms with E-state index in [1.54, 1.807) is 12.3 Å². The second-order valence-electron chi connectivity index (χ2n) is 3.70. The summed E-state index contributed by atoms with van der Waals surface area (Å²) in [5.74, 6) is -1.01. The Bertz CT molecular complexity index is 694. The maximum Gasteiger partial charge on any atom is 0.339 e. The zero-order valence-corrected chi connectivity index (χ0v) is 8.79. The molecule has 1 aromatic carbocycles. The predicted octanol–water partition coefficient (Wildman–Crippen LogP) is 2.43. The molecular formula is C13H8N2O2. The second-order valence-corrected chi connectivity index (χ2v) is 3.70. The highest BCUT2D eigenvalue weighted by Gasteiger charge is 2.18. The molecule has 0 amide bonds. The number of nitrogens with zero attached hydrogens (tertiary/aromatic N) is 2. The van der Waals surface area contributed by atoms with Gasteiger partial charge in [0.05, 0.1) is 11.2 Å². The molecule has 0 fully saturated rings. The van der Waals surface area contributed by atoms with Crippen molar-refractivity contribution in [2.45, 2.75) is 0 Å². The number of carbonyl (C=O) groups is 1. The van der Waals surface area contributed by atoms with Gasteiger partial charge in [-0.25, -0.2) is 9.78 Å². The minimum Gasteiger partial charge on any atom is -0.478 e. The standard InChI is InChI=1S/C13H8N2O2/c16-13(17)10-7-14-6-5-9-8-3-1-2-4-11(8)15-12(9)10/h1-7H,(H,16,17). The zero-order chi connectivity index (χ0) is 11.8. The van der Waals surface area contributed by atoms with Gasteiger partial charge in [-0.15, -0.1) is 0 Å². The van der Waals surface area contributed by atoms with Crippen LogP contribution >= 0.6 is 0 Å². The van der Waals surface area contributed by atoms with Gasteiger partial charge in [0, 0.05) is 23.3 Å². The van der Waals surface area contributed by atoms with Crippen molar-refractivity contribution in [2.24, 2.45) is 0 Å². The Hall–Kier alpha value is -2.49. The Labute approximate surface area is 96.9 Å². The van der Waals surface area contributed by atoms with Gasteiger partial charge in [-0.2, -0.15) is 0 Å². The van der Waals surface area contributed by atoms with Gasteiger partial charge in [0.15, 0.2) is 0 Å². The number of fused-ring (bicyclic) bond motifs is 3. The molecule has 0 bridgehead atoms. The van der Waals surface area contributed by atoms with E-state index in [-0.39, 0.29) is 5.56 Å². The van der Waals surface area contributed by atoms with Crippen LogP contribution in [0, 0.1) is 0 Å². The third-order valence-corrected chi connectivity index (χ3v) is 2.70. The average molecular weight is 224 g/mol. The van der Waals surface area contributed by atoms with Gasteiger partial charge in [0.25, 0.3) is 0 Å². The van der Waals surface area contributed by atoms with Crippen LogP contribution < -0.4 is 0 Å². The Morgan fingerprint density at radius 3 is 2.82 bits per heavy atom. The highest BCUT2D eigenvalue weighted by Crippen LogP contribution is 2.31. The molecule has 2 heterocycles. The molecule has 2 aliphatic rings. The van der Waals surface area contributed by atoms with Crippen molar-refractivity contribution in [3.63, 3.8) is 0 Å². The second kappa shape index (κ2) is 3.52. The first-order chi connectivity index (χ1) is 8.27. The number of aromatic carboxylic acids is 1. The number of rotatable bonds is 1. The Morgan fingerprint density at radius 1 is 1.18 bits per heavy atom. The number of carboxylic acids is 1. The van der Waals surface area contributed by atoms with Gasteiger partial charge in [0.1, 0.15) is 5.56 Å². The van der Waals surface area contributed by atoms with E-state index in [0.29, 0.717) is 5.69 Å². The van der Waals surface area contributed by atoms with Crippen LogP contribution in [0.2, 0.25) is 0 Å². The summed E-state index contributed by atoms with van der Waals surface area (Å²) in [6, 6.07) is 9.37. The molecule has 0 aromatic heterocycles.